The molecule has 194 valence electrons. The van der Waals surface area contributed by atoms with Gasteiger partial charge in [-0.25, -0.2) is 4.39 Å². The van der Waals surface area contributed by atoms with Gasteiger partial charge in [0.25, 0.3) is 0 Å². The number of amides is 2. The molecule has 1 fully saturated rings. The van der Waals surface area contributed by atoms with Crippen molar-refractivity contribution in [3.63, 3.8) is 0 Å². The summed E-state index contributed by atoms with van der Waals surface area (Å²) in [4.78, 5) is 27.5. The van der Waals surface area contributed by atoms with Crippen LogP contribution in [0.15, 0.2) is 36.4 Å². The van der Waals surface area contributed by atoms with Crippen LogP contribution in [0.4, 0.5) is 10.1 Å². The number of halogens is 3. The molecule has 2 aromatic carbocycles. The first kappa shape index (κ1) is 26.8. The Kier molecular flexibility index (Phi) is 7.38. The number of anilines is 1. The molecule has 0 aliphatic carbocycles. The molecule has 7 nitrogen and oxygen atoms in total. The molecule has 2 amide bonds. The van der Waals surface area contributed by atoms with Crippen LogP contribution in [0, 0.1) is 11.2 Å². The number of aliphatic hydroxyl groups is 2. The summed E-state index contributed by atoms with van der Waals surface area (Å²) in [6.07, 6.45) is -0.795. The van der Waals surface area contributed by atoms with Gasteiger partial charge in [-0.15, -0.1) is 0 Å². The highest BCUT2D eigenvalue weighted by Crippen LogP contribution is 2.58. The highest BCUT2D eigenvalue weighted by molar-refractivity contribution is 6.31. The Morgan fingerprint density at radius 2 is 1.97 bits per heavy atom. The van der Waals surface area contributed by atoms with Gasteiger partial charge in [-0.2, -0.15) is 0 Å². The van der Waals surface area contributed by atoms with Crippen molar-refractivity contribution in [3.8, 4) is 0 Å². The molecule has 0 saturated carbocycles. The van der Waals surface area contributed by atoms with E-state index in [4.69, 9.17) is 28.3 Å². The highest BCUT2D eigenvalue weighted by Gasteiger charge is 2.67. The topological polar surface area (TPSA) is 111 Å². The number of carbonyl (C=O) groups excluding carboxylic acids is 2. The van der Waals surface area contributed by atoms with Crippen molar-refractivity contribution in [2.45, 2.75) is 56.7 Å². The third kappa shape index (κ3) is 4.50. The van der Waals surface area contributed by atoms with Crippen molar-refractivity contribution in [2.75, 3.05) is 18.5 Å². The number of nitrogens with one attached hydrogen (secondary N) is 3. The van der Waals surface area contributed by atoms with Gasteiger partial charge in [0.1, 0.15) is 11.2 Å². The summed E-state index contributed by atoms with van der Waals surface area (Å²) in [5.74, 6) is -2.14. The Balaban J connectivity index is 1.90. The van der Waals surface area contributed by atoms with Gasteiger partial charge in [-0.05, 0) is 47.2 Å². The standard InChI is InChI=1S/C26H30Cl2FN3O4/c1-25(2,3)23-26(16-10-18(29)17(28)11-19(16)31-24(26)36)20(13-5-4-6-14(27)9-13)21(32-23)22(35)30-8-7-15(34)12-33/h4-6,9-11,15,20-21,23,32-34H,7-8,12H2,1-3H3,(H,30,35)(H,31,36). The van der Waals surface area contributed by atoms with Crippen molar-refractivity contribution in [2.24, 2.45) is 5.41 Å². The average molecular weight is 538 g/mol. The Morgan fingerprint density at radius 3 is 2.61 bits per heavy atom. The fourth-order valence-electron chi connectivity index (χ4n) is 5.66. The van der Waals surface area contributed by atoms with Gasteiger partial charge in [0, 0.05) is 29.2 Å². The number of hydrogen-bond donors (Lipinski definition) is 5. The summed E-state index contributed by atoms with van der Waals surface area (Å²) in [7, 11) is 0. The van der Waals surface area contributed by atoms with E-state index in [2.05, 4.69) is 16.0 Å². The maximum absolute atomic E-state index is 14.9. The van der Waals surface area contributed by atoms with Crippen LogP contribution in [0.1, 0.15) is 44.2 Å². The summed E-state index contributed by atoms with van der Waals surface area (Å²) >= 11 is 12.4. The predicted molar refractivity (Wildman–Crippen MR) is 137 cm³/mol. The summed E-state index contributed by atoms with van der Waals surface area (Å²) in [6, 6.07) is 8.20. The smallest absolute Gasteiger partial charge is 0.237 e. The van der Waals surface area contributed by atoms with Crippen molar-refractivity contribution in [3.05, 3.63) is 63.4 Å². The van der Waals surface area contributed by atoms with E-state index in [1.54, 1.807) is 24.3 Å². The zero-order chi connectivity index (χ0) is 26.4. The molecule has 0 radical (unpaired) electrons. The van der Waals surface area contributed by atoms with E-state index >= 15 is 0 Å². The lowest BCUT2D eigenvalue weighted by Gasteiger charge is -2.41. The van der Waals surface area contributed by atoms with Crippen LogP contribution in [0.25, 0.3) is 0 Å². The van der Waals surface area contributed by atoms with Crippen molar-refractivity contribution in [1.29, 1.82) is 0 Å². The van der Waals surface area contributed by atoms with Gasteiger partial charge in [-0.1, -0.05) is 56.1 Å². The molecule has 5 unspecified atom stereocenters. The van der Waals surface area contributed by atoms with E-state index in [0.717, 1.165) is 0 Å². The molecule has 0 bridgehead atoms. The monoisotopic (exact) mass is 537 g/mol. The van der Waals surface area contributed by atoms with E-state index in [-0.39, 0.29) is 29.8 Å². The molecular formula is C26H30Cl2FN3O4. The summed E-state index contributed by atoms with van der Waals surface area (Å²) in [6.45, 7) is 5.58. The van der Waals surface area contributed by atoms with E-state index < -0.39 is 47.4 Å². The predicted octanol–water partition coefficient (Wildman–Crippen LogP) is 3.35. The zero-order valence-corrected chi connectivity index (χ0v) is 21.8. The maximum atomic E-state index is 14.9. The van der Waals surface area contributed by atoms with Crippen molar-refractivity contribution in [1.82, 2.24) is 10.6 Å². The van der Waals surface area contributed by atoms with Crippen LogP contribution < -0.4 is 16.0 Å². The normalized spacial score (nSPS) is 26.1. The first-order valence-corrected chi connectivity index (χ1v) is 12.6. The summed E-state index contributed by atoms with van der Waals surface area (Å²) in [5, 5.41) is 28.2. The van der Waals surface area contributed by atoms with Gasteiger partial charge >= 0.3 is 0 Å². The lowest BCUT2D eigenvalue weighted by atomic mass is 9.60. The van der Waals surface area contributed by atoms with Crippen molar-refractivity contribution >= 4 is 40.7 Å². The van der Waals surface area contributed by atoms with E-state index in [1.165, 1.54) is 12.1 Å². The Bertz CT molecular complexity index is 1190. The van der Waals surface area contributed by atoms with E-state index in [9.17, 15) is 19.1 Å². The fraction of sp³-hybridized carbons (Fsp3) is 0.462. The molecule has 5 atom stereocenters. The van der Waals surface area contributed by atoms with Gasteiger partial charge in [-0.3, -0.25) is 9.59 Å². The fourth-order valence-corrected chi connectivity index (χ4v) is 6.03. The van der Waals surface area contributed by atoms with Gasteiger partial charge in [0.15, 0.2) is 0 Å². The lowest BCUT2D eigenvalue weighted by Crippen LogP contribution is -2.54. The molecule has 4 rings (SSSR count). The molecule has 10 heteroatoms. The molecule has 1 spiro atoms. The molecule has 2 aliphatic rings. The molecule has 36 heavy (non-hydrogen) atoms. The van der Waals surface area contributed by atoms with Crippen LogP contribution in [-0.2, 0) is 15.0 Å². The maximum Gasteiger partial charge on any atom is 0.237 e. The summed E-state index contributed by atoms with van der Waals surface area (Å²) in [5.41, 5.74) is -0.403. The average Bonchev–Trinajstić information content (AvgIpc) is 3.30. The number of hydrogen-bond acceptors (Lipinski definition) is 5. The Hall–Kier alpha value is -2.23. The first-order valence-electron chi connectivity index (χ1n) is 11.8. The van der Waals surface area contributed by atoms with Crippen LogP contribution in [0.2, 0.25) is 10.0 Å². The number of fused-ring (bicyclic) bond motifs is 2. The number of rotatable bonds is 6. The highest BCUT2D eigenvalue weighted by atomic mass is 35.5. The second-order valence-electron chi connectivity index (χ2n) is 10.5. The third-order valence-corrected chi connectivity index (χ3v) is 7.62. The minimum absolute atomic E-state index is 0.111. The molecule has 5 N–H and O–H groups in total. The second kappa shape index (κ2) is 9.91. The number of carbonyl (C=O) groups is 2. The SMILES string of the molecule is CC(C)(C)C1NC(C(=O)NCCC(O)CO)C(c2cccc(Cl)c2)C12C(=O)Nc1cc(Cl)c(F)cc12. The van der Waals surface area contributed by atoms with E-state index in [1.807, 2.05) is 20.8 Å². The molecule has 2 aliphatic heterocycles. The molecule has 1 saturated heterocycles. The van der Waals surface area contributed by atoms with Crippen LogP contribution in [-0.4, -0.2) is 53.4 Å². The minimum Gasteiger partial charge on any atom is -0.394 e. The zero-order valence-electron chi connectivity index (χ0n) is 20.2. The number of aliphatic hydroxyl groups excluding tert-OH is 2. The van der Waals surface area contributed by atoms with Crippen LogP contribution in [0.3, 0.4) is 0 Å². The number of benzene rings is 2. The van der Waals surface area contributed by atoms with Crippen LogP contribution >= 0.6 is 23.2 Å². The van der Waals surface area contributed by atoms with Crippen molar-refractivity contribution < 1.29 is 24.2 Å². The Labute approximate surface area is 219 Å². The quantitative estimate of drug-likeness (QED) is 0.388. The summed E-state index contributed by atoms with van der Waals surface area (Å²) < 4.78 is 14.9. The molecule has 2 heterocycles. The third-order valence-electron chi connectivity index (χ3n) is 7.10. The largest absolute Gasteiger partial charge is 0.394 e. The minimum atomic E-state index is -1.35. The van der Waals surface area contributed by atoms with Gasteiger partial charge in [0.05, 0.1) is 23.8 Å². The molecular weight excluding hydrogens is 508 g/mol. The van der Waals surface area contributed by atoms with Gasteiger partial charge in [0.2, 0.25) is 11.8 Å². The lowest BCUT2D eigenvalue weighted by molar-refractivity contribution is -0.124. The molecule has 2 aromatic rings. The Morgan fingerprint density at radius 1 is 1.25 bits per heavy atom. The second-order valence-corrected chi connectivity index (χ2v) is 11.4. The molecule has 0 aromatic heterocycles. The van der Waals surface area contributed by atoms with E-state index in [0.29, 0.717) is 21.8 Å². The first-order chi connectivity index (χ1) is 16.9. The van der Waals surface area contributed by atoms with Gasteiger partial charge < -0.3 is 26.2 Å². The van der Waals surface area contributed by atoms with Crippen LogP contribution in [0.5, 0.6) is 0 Å².